The van der Waals surface area contributed by atoms with Gasteiger partial charge in [0.1, 0.15) is 0 Å². The summed E-state index contributed by atoms with van der Waals surface area (Å²) in [6, 6.07) is 10.9. The van der Waals surface area contributed by atoms with E-state index < -0.39 is 0 Å². The molecule has 0 spiro atoms. The zero-order valence-corrected chi connectivity index (χ0v) is 17.1. The number of aromatic nitrogens is 3. The summed E-state index contributed by atoms with van der Waals surface area (Å²) < 4.78 is 7.80. The fraction of sp³-hybridized carbons (Fsp3) is 0.435. The topological polar surface area (TPSA) is 80.5 Å². The molecule has 0 bridgehead atoms. The van der Waals surface area contributed by atoms with Crippen molar-refractivity contribution in [2.24, 2.45) is 0 Å². The van der Waals surface area contributed by atoms with Crippen molar-refractivity contribution in [3.8, 4) is 5.69 Å². The van der Waals surface area contributed by atoms with Crippen LogP contribution >= 0.6 is 0 Å². The van der Waals surface area contributed by atoms with Gasteiger partial charge in [0.2, 0.25) is 0 Å². The molecule has 2 aromatic heterocycles. The Morgan fingerprint density at radius 1 is 1.07 bits per heavy atom. The van der Waals surface area contributed by atoms with Crippen LogP contribution in [0.4, 0.5) is 5.69 Å². The summed E-state index contributed by atoms with van der Waals surface area (Å²) in [6.45, 7) is 2.86. The SMILES string of the molecule is O=CO.c1nc2c(cnn2-c2ccc(N3CCCC3)cc2)cc1CCOC1CCC1. The van der Waals surface area contributed by atoms with Gasteiger partial charge in [0.05, 0.1) is 24.6 Å². The van der Waals surface area contributed by atoms with Gasteiger partial charge < -0.3 is 14.7 Å². The minimum absolute atomic E-state index is 0.250. The third-order valence-corrected chi connectivity index (χ3v) is 5.83. The number of hydrogen-bond donors (Lipinski definition) is 1. The van der Waals surface area contributed by atoms with E-state index in [1.165, 1.54) is 56.4 Å². The van der Waals surface area contributed by atoms with Crippen LogP contribution in [0.15, 0.2) is 42.7 Å². The maximum Gasteiger partial charge on any atom is 0.290 e. The van der Waals surface area contributed by atoms with Gasteiger partial charge in [-0.1, -0.05) is 0 Å². The Labute approximate surface area is 176 Å². The second kappa shape index (κ2) is 9.71. The Morgan fingerprint density at radius 2 is 1.77 bits per heavy atom. The van der Waals surface area contributed by atoms with Crippen LogP contribution in [-0.4, -0.2) is 52.1 Å². The highest BCUT2D eigenvalue weighted by atomic mass is 16.5. The zero-order chi connectivity index (χ0) is 20.8. The molecule has 1 aliphatic carbocycles. The second-order valence-electron chi connectivity index (χ2n) is 7.80. The second-order valence-corrected chi connectivity index (χ2v) is 7.80. The van der Waals surface area contributed by atoms with E-state index in [1.807, 2.05) is 17.1 Å². The van der Waals surface area contributed by atoms with Crippen LogP contribution in [0.25, 0.3) is 16.7 Å². The van der Waals surface area contributed by atoms with Crippen LogP contribution in [0.2, 0.25) is 0 Å². The fourth-order valence-corrected chi connectivity index (χ4v) is 3.95. The van der Waals surface area contributed by atoms with E-state index in [2.05, 4.69) is 45.3 Å². The largest absolute Gasteiger partial charge is 0.483 e. The highest BCUT2D eigenvalue weighted by Gasteiger charge is 2.17. The van der Waals surface area contributed by atoms with Gasteiger partial charge in [-0.25, -0.2) is 9.67 Å². The average molecular weight is 409 g/mol. The molecule has 3 heterocycles. The predicted molar refractivity (Wildman–Crippen MR) is 116 cm³/mol. The summed E-state index contributed by atoms with van der Waals surface area (Å²) in [5.41, 5.74) is 4.48. The van der Waals surface area contributed by atoms with Gasteiger partial charge in [-0.05, 0) is 74.4 Å². The van der Waals surface area contributed by atoms with E-state index in [0.29, 0.717) is 6.10 Å². The maximum atomic E-state index is 8.36. The smallest absolute Gasteiger partial charge is 0.290 e. The van der Waals surface area contributed by atoms with Crippen molar-refractivity contribution in [1.29, 1.82) is 0 Å². The van der Waals surface area contributed by atoms with Gasteiger partial charge >= 0.3 is 0 Å². The number of rotatable bonds is 6. The average Bonchev–Trinajstić information content (AvgIpc) is 3.40. The van der Waals surface area contributed by atoms with E-state index in [0.717, 1.165) is 29.7 Å². The van der Waals surface area contributed by atoms with Crippen LogP contribution < -0.4 is 4.90 Å². The standard InChI is InChI=1S/C22H26N4O.CH2O2/c1-2-12-25(11-1)19-6-8-20(9-7-19)26-22-18(16-24-26)14-17(15-23-22)10-13-27-21-4-3-5-21;2-1-3/h6-9,14-16,21H,1-5,10-13H2;1H,(H,2,3). The normalized spacial score (nSPS) is 16.2. The first-order valence-electron chi connectivity index (χ1n) is 10.7. The Morgan fingerprint density at radius 3 is 2.43 bits per heavy atom. The minimum atomic E-state index is -0.250. The van der Waals surface area contributed by atoms with Crippen molar-refractivity contribution >= 4 is 23.2 Å². The van der Waals surface area contributed by atoms with E-state index in [-0.39, 0.29) is 6.47 Å². The summed E-state index contributed by atoms with van der Waals surface area (Å²) >= 11 is 0. The van der Waals surface area contributed by atoms with Gasteiger partial charge in [0.15, 0.2) is 5.65 Å². The molecule has 5 rings (SSSR count). The lowest BCUT2D eigenvalue weighted by molar-refractivity contribution is -0.122. The summed E-state index contributed by atoms with van der Waals surface area (Å²) in [4.78, 5) is 15.5. The van der Waals surface area contributed by atoms with E-state index >= 15 is 0 Å². The molecule has 7 nitrogen and oxygen atoms in total. The minimum Gasteiger partial charge on any atom is -0.483 e. The van der Waals surface area contributed by atoms with Crippen molar-refractivity contribution in [3.63, 3.8) is 0 Å². The molecule has 30 heavy (non-hydrogen) atoms. The number of pyridine rings is 1. The van der Waals surface area contributed by atoms with E-state index in [4.69, 9.17) is 14.6 Å². The number of benzene rings is 1. The number of anilines is 1. The highest BCUT2D eigenvalue weighted by molar-refractivity contribution is 5.77. The first kappa shape index (κ1) is 20.3. The predicted octanol–water partition coefficient (Wildman–Crippen LogP) is 3.83. The van der Waals surface area contributed by atoms with Crippen molar-refractivity contribution < 1.29 is 14.6 Å². The van der Waals surface area contributed by atoms with Gasteiger partial charge in [0, 0.05) is 30.4 Å². The van der Waals surface area contributed by atoms with Crippen molar-refractivity contribution in [2.75, 3.05) is 24.6 Å². The first-order chi connectivity index (χ1) is 14.8. The Kier molecular flexibility index (Phi) is 6.59. The lowest BCUT2D eigenvalue weighted by Crippen LogP contribution is -2.22. The molecule has 1 aromatic carbocycles. The highest BCUT2D eigenvalue weighted by Crippen LogP contribution is 2.24. The molecule has 0 amide bonds. The molecule has 158 valence electrons. The van der Waals surface area contributed by atoms with Gasteiger partial charge in [-0.2, -0.15) is 5.10 Å². The molecule has 7 heteroatoms. The molecule has 1 saturated carbocycles. The Balaban J connectivity index is 0.000000687. The van der Waals surface area contributed by atoms with Gasteiger partial charge in [-0.3, -0.25) is 4.79 Å². The molecular formula is C23H28N4O3. The van der Waals surface area contributed by atoms with Gasteiger partial charge in [-0.15, -0.1) is 0 Å². The molecule has 0 radical (unpaired) electrons. The van der Waals surface area contributed by atoms with Gasteiger partial charge in [0.25, 0.3) is 6.47 Å². The molecular weight excluding hydrogens is 380 g/mol. The summed E-state index contributed by atoms with van der Waals surface area (Å²) in [5.74, 6) is 0. The zero-order valence-electron chi connectivity index (χ0n) is 17.1. The van der Waals surface area contributed by atoms with Crippen LogP contribution in [0.5, 0.6) is 0 Å². The number of carbonyl (C=O) groups is 1. The van der Waals surface area contributed by atoms with Crippen LogP contribution in [0.3, 0.4) is 0 Å². The van der Waals surface area contributed by atoms with E-state index in [9.17, 15) is 0 Å². The number of ether oxygens (including phenoxy) is 1. The molecule has 0 unspecified atom stereocenters. The van der Waals surface area contributed by atoms with Crippen molar-refractivity contribution in [1.82, 2.24) is 14.8 Å². The summed E-state index contributed by atoms with van der Waals surface area (Å²) in [5, 5.41) is 12.5. The summed E-state index contributed by atoms with van der Waals surface area (Å²) in [7, 11) is 0. The van der Waals surface area contributed by atoms with Crippen molar-refractivity contribution in [2.45, 2.75) is 44.6 Å². The summed E-state index contributed by atoms with van der Waals surface area (Å²) in [6.07, 6.45) is 11.6. The van der Waals surface area contributed by atoms with Crippen LogP contribution in [0, 0.1) is 0 Å². The third-order valence-electron chi connectivity index (χ3n) is 5.83. The lowest BCUT2D eigenvalue weighted by Gasteiger charge is -2.25. The molecule has 1 saturated heterocycles. The molecule has 2 aliphatic rings. The first-order valence-corrected chi connectivity index (χ1v) is 10.7. The number of nitrogens with zero attached hydrogens (tertiary/aromatic N) is 4. The monoisotopic (exact) mass is 408 g/mol. The molecule has 0 atom stereocenters. The Hall–Kier alpha value is -2.93. The Bertz CT molecular complexity index is 960. The van der Waals surface area contributed by atoms with Crippen LogP contribution in [-0.2, 0) is 16.0 Å². The number of hydrogen-bond acceptors (Lipinski definition) is 5. The molecule has 2 fully saturated rings. The number of carboxylic acid groups (broad SMARTS) is 1. The van der Waals surface area contributed by atoms with Crippen molar-refractivity contribution in [3.05, 3.63) is 48.3 Å². The van der Waals surface area contributed by atoms with Crippen LogP contribution in [0.1, 0.15) is 37.7 Å². The molecule has 3 aromatic rings. The molecule has 1 N–H and O–H groups in total. The maximum absolute atomic E-state index is 8.36. The molecule has 1 aliphatic heterocycles. The number of fused-ring (bicyclic) bond motifs is 1. The fourth-order valence-electron chi connectivity index (χ4n) is 3.95. The van der Waals surface area contributed by atoms with E-state index in [1.54, 1.807) is 0 Å². The quantitative estimate of drug-likeness (QED) is 0.625. The third kappa shape index (κ3) is 4.62. The lowest BCUT2D eigenvalue weighted by atomic mass is 9.96.